The Morgan fingerprint density at radius 3 is 2.17 bits per heavy atom. The van der Waals surface area contributed by atoms with Gasteiger partial charge in [0.05, 0.1) is 0 Å². The summed E-state index contributed by atoms with van der Waals surface area (Å²) in [7, 11) is -1.54. The van der Waals surface area contributed by atoms with Gasteiger partial charge in [0.2, 0.25) is 0 Å². The van der Waals surface area contributed by atoms with Crippen LogP contribution in [0.1, 0.15) is 53.9 Å². The highest BCUT2D eigenvalue weighted by atomic mass is 28.4. The van der Waals surface area contributed by atoms with Crippen molar-refractivity contribution < 1.29 is 4.43 Å². The lowest BCUT2D eigenvalue weighted by Gasteiger charge is -2.36. The van der Waals surface area contributed by atoms with Crippen LogP contribution in [0.2, 0.25) is 18.1 Å². The lowest BCUT2D eigenvalue weighted by molar-refractivity contribution is 0.279. The summed E-state index contributed by atoms with van der Waals surface area (Å²) in [5.41, 5.74) is 2.57. The third kappa shape index (κ3) is 7.17. The van der Waals surface area contributed by atoms with Crippen LogP contribution in [0.3, 0.4) is 0 Å². The second kappa shape index (κ2) is 7.30. The minimum atomic E-state index is -1.54. The maximum atomic E-state index is 6.15. The van der Waals surface area contributed by atoms with Gasteiger partial charge >= 0.3 is 0 Å². The SMILES string of the molecule is C=C(C=C(C)C)CCCCO[Si](C)(C)C(C)(C)C. The molecule has 0 rings (SSSR count). The first-order valence-corrected chi connectivity index (χ1v) is 9.94. The fraction of sp³-hybridized carbons (Fsp3) is 0.750. The number of rotatable bonds is 7. The van der Waals surface area contributed by atoms with E-state index in [0.29, 0.717) is 5.04 Å². The lowest BCUT2D eigenvalue weighted by atomic mass is 10.1. The van der Waals surface area contributed by atoms with Crippen molar-refractivity contribution in [1.82, 2.24) is 0 Å². The molecule has 0 atom stereocenters. The summed E-state index contributed by atoms with van der Waals surface area (Å²) in [6.07, 6.45) is 5.58. The Labute approximate surface area is 115 Å². The molecule has 0 saturated heterocycles. The van der Waals surface area contributed by atoms with E-state index in [9.17, 15) is 0 Å². The van der Waals surface area contributed by atoms with E-state index < -0.39 is 8.32 Å². The Bertz CT molecular complexity index is 291. The van der Waals surface area contributed by atoms with Crippen molar-refractivity contribution in [2.45, 2.75) is 72.0 Å². The molecule has 0 aliphatic rings. The van der Waals surface area contributed by atoms with E-state index in [1.807, 2.05) is 0 Å². The average molecular weight is 269 g/mol. The van der Waals surface area contributed by atoms with Crippen molar-refractivity contribution in [2.24, 2.45) is 0 Å². The molecule has 0 aromatic heterocycles. The molecule has 0 unspecified atom stereocenters. The topological polar surface area (TPSA) is 9.23 Å². The normalized spacial score (nSPS) is 12.4. The zero-order valence-corrected chi connectivity index (χ0v) is 14.5. The van der Waals surface area contributed by atoms with Crippen LogP contribution >= 0.6 is 0 Å². The molecule has 0 fully saturated rings. The number of allylic oxidation sites excluding steroid dienone is 3. The van der Waals surface area contributed by atoms with E-state index in [1.165, 1.54) is 17.6 Å². The highest BCUT2D eigenvalue weighted by Gasteiger charge is 2.36. The van der Waals surface area contributed by atoms with E-state index in [4.69, 9.17) is 4.43 Å². The molecule has 0 radical (unpaired) electrons. The minimum absolute atomic E-state index is 0.318. The molecule has 2 heteroatoms. The van der Waals surface area contributed by atoms with Crippen molar-refractivity contribution in [3.63, 3.8) is 0 Å². The van der Waals surface area contributed by atoms with Crippen molar-refractivity contribution in [3.8, 4) is 0 Å². The monoisotopic (exact) mass is 268 g/mol. The number of hydrogen-bond acceptors (Lipinski definition) is 1. The van der Waals surface area contributed by atoms with E-state index in [2.05, 4.69) is 60.4 Å². The highest BCUT2D eigenvalue weighted by molar-refractivity contribution is 6.74. The molecule has 0 aromatic rings. The van der Waals surface area contributed by atoms with Gasteiger partial charge in [-0.05, 0) is 51.2 Å². The van der Waals surface area contributed by atoms with Gasteiger partial charge < -0.3 is 4.43 Å². The summed E-state index contributed by atoms with van der Waals surface area (Å²) in [5, 5.41) is 0.318. The maximum Gasteiger partial charge on any atom is 0.191 e. The van der Waals surface area contributed by atoms with E-state index in [0.717, 1.165) is 19.4 Å². The standard InChI is InChI=1S/C16H32OSi/c1-14(2)13-15(3)11-9-10-12-17-18(7,8)16(4,5)6/h13H,3,9-12H2,1-2,4-8H3. The Morgan fingerprint density at radius 2 is 1.72 bits per heavy atom. The Hall–Kier alpha value is -0.343. The van der Waals surface area contributed by atoms with Crippen molar-refractivity contribution >= 4 is 8.32 Å². The molecular weight excluding hydrogens is 236 g/mol. The van der Waals surface area contributed by atoms with Gasteiger partial charge in [0.25, 0.3) is 0 Å². The molecule has 0 saturated carbocycles. The molecule has 0 amide bonds. The number of unbranched alkanes of at least 4 members (excludes halogenated alkanes) is 1. The van der Waals surface area contributed by atoms with Gasteiger partial charge in [-0.3, -0.25) is 0 Å². The van der Waals surface area contributed by atoms with Crippen LogP contribution in [-0.2, 0) is 4.43 Å². The molecule has 0 N–H and O–H groups in total. The molecule has 0 aliphatic carbocycles. The summed E-state index contributed by atoms with van der Waals surface area (Å²) in [6, 6.07) is 0. The first-order chi connectivity index (χ1) is 8.06. The van der Waals surface area contributed by atoms with Gasteiger partial charge in [0, 0.05) is 6.61 Å². The summed E-state index contributed by atoms with van der Waals surface area (Å²) in [4.78, 5) is 0. The molecule has 106 valence electrons. The van der Waals surface area contributed by atoms with Crippen LogP contribution in [0.4, 0.5) is 0 Å². The van der Waals surface area contributed by atoms with Gasteiger partial charge in [0.1, 0.15) is 0 Å². The van der Waals surface area contributed by atoms with E-state index in [-0.39, 0.29) is 0 Å². The van der Waals surface area contributed by atoms with Gasteiger partial charge in [-0.1, -0.05) is 44.6 Å². The fourth-order valence-electron chi connectivity index (χ4n) is 1.48. The Morgan fingerprint density at radius 1 is 1.17 bits per heavy atom. The predicted octanol–water partition coefficient (Wildman–Crippen LogP) is 5.70. The minimum Gasteiger partial charge on any atom is -0.417 e. The van der Waals surface area contributed by atoms with Crippen LogP contribution in [0, 0.1) is 0 Å². The number of hydrogen-bond donors (Lipinski definition) is 0. The average Bonchev–Trinajstić information content (AvgIpc) is 2.13. The van der Waals surface area contributed by atoms with Crippen molar-refractivity contribution in [2.75, 3.05) is 6.61 Å². The summed E-state index contributed by atoms with van der Waals surface area (Å²) in [5.74, 6) is 0. The third-order valence-electron chi connectivity index (χ3n) is 3.65. The van der Waals surface area contributed by atoms with Crippen molar-refractivity contribution in [3.05, 3.63) is 23.8 Å². The Kier molecular flexibility index (Phi) is 7.16. The molecule has 0 aromatic carbocycles. The van der Waals surface area contributed by atoms with Crippen LogP contribution in [-0.4, -0.2) is 14.9 Å². The van der Waals surface area contributed by atoms with Gasteiger partial charge in [-0.15, -0.1) is 0 Å². The van der Waals surface area contributed by atoms with E-state index in [1.54, 1.807) is 0 Å². The van der Waals surface area contributed by atoms with Crippen LogP contribution in [0.15, 0.2) is 23.8 Å². The zero-order valence-electron chi connectivity index (χ0n) is 13.5. The first kappa shape index (κ1) is 17.7. The van der Waals surface area contributed by atoms with Crippen LogP contribution in [0.5, 0.6) is 0 Å². The largest absolute Gasteiger partial charge is 0.417 e. The highest BCUT2D eigenvalue weighted by Crippen LogP contribution is 2.36. The third-order valence-corrected chi connectivity index (χ3v) is 8.19. The second-order valence-corrected chi connectivity index (χ2v) is 11.8. The van der Waals surface area contributed by atoms with Crippen molar-refractivity contribution in [1.29, 1.82) is 0 Å². The molecule has 1 nitrogen and oxygen atoms in total. The lowest BCUT2D eigenvalue weighted by Crippen LogP contribution is -2.40. The van der Waals surface area contributed by atoms with Gasteiger partial charge in [-0.2, -0.15) is 0 Å². The molecule has 0 bridgehead atoms. The summed E-state index contributed by atoms with van der Waals surface area (Å²) >= 11 is 0. The maximum absolute atomic E-state index is 6.15. The smallest absolute Gasteiger partial charge is 0.191 e. The van der Waals surface area contributed by atoms with Gasteiger partial charge in [-0.25, -0.2) is 0 Å². The summed E-state index contributed by atoms with van der Waals surface area (Å²) < 4.78 is 6.15. The fourth-order valence-corrected chi connectivity index (χ4v) is 2.57. The van der Waals surface area contributed by atoms with Crippen LogP contribution < -0.4 is 0 Å². The molecular formula is C16H32OSi. The molecule has 0 spiro atoms. The first-order valence-electron chi connectivity index (χ1n) is 7.03. The summed E-state index contributed by atoms with van der Waals surface area (Å²) in [6.45, 7) is 20.7. The second-order valence-electron chi connectivity index (χ2n) is 6.95. The molecule has 0 aliphatic heterocycles. The predicted molar refractivity (Wildman–Crippen MR) is 85.6 cm³/mol. The molecule has 0 heterocycles. The quantitative estimate of drug-likeness (QED) is 0.327. The zero-order chi connectivity index (χ0) is 14.4. The van der Waals surface area contributed by atoms with Gasteiger partial charge in [0.15, 0.2) is 8.32 Å². The van der Waals surface area contributed by atoms with Crippen LogP contribution in [0.25, 0.3) is 0 Å². The Balaban J connectivity index is 3.83. The molecule has 18 heavy (non-hydrogen) atoms. The van der Waals surface area contributed by atoms with E-state index >= 15 is 0 Å².